The molecule has 0 saturated heterocycles. The zero-order chi connectivity index (χ0) is 14.4. The van der Waals surface area contributed by atoms with Gasteiger partial charge in [0.15, 0.2) is 0 Å². The van der Waals surface area contributed by atoms with Crippen LogP contribution in [0.25, 0.3) is 0 Å². The van der Waals surface area contributed by atoms with Gasteiger partial charge in [0.05, 0.1) is 0 Å². The quantitative estimate of drug-likeness (QED) is 0.724. The molecule has 0 amide bonds. The van der Waals surface area contributed by atoms with Crippen LogP contribution in [-0.2, 0) is 0 Å². The minimum Gasteiger partial charge on any atom is -0.373 e. The monoisotopic (exact) mass is 274 g/mol. The van der Waals surface area contributed by atoms with Crippen molar-refractivity contribution in [1.29, 1.82) is 0 Å². The van der Waals surface area contributed by atoms with Gasteiger partial charge in [0.2, 0.25) is 0 Å². The molecule has 0 radical (unpaired) electrons. The number of rotatable bonds is 1. The molecule has 0 aliphatic heterocycles. The van der Waals surface area contributed by atoms with Crippen molar-refractivity contribution in [2.24, 2.45) is 11.3 Å². The Bertz CT molecular complexity index is 364. The second-order valence-electron chi connectivity index (χ2n) is 4.52. The van der Waals surface area contributed by atoms with Crippen LogP contribution in [-0.4, -0.2) is 23.1 Å². The van der Waals surface area contributed by atoms with Gasteiger partial charge in [-0.2, -0.15) is 26.3 Å². The second kappa shape index (κ2) is 4.01. The SMILES string of the molecule is C[C@H]1C=CC=C[C@]1(C)C(O)(C(F)(F)F)C(F)(F)F. The summed E-state index contributed by atoms with van der Waals surface area (Å²) in [7, 11) is 0. The largest absolute Gasteiger partial charge is 0.427 e. The van der Waals surface area contributed by atoms with Gasteiger partial charge in [0.25, 0.3) is 5.60 Å². The summed E-state index contributed by atoms with van der Waals surface area (Å²) in [5.74, 6) is -1.12. The zero-order valence-corrected chi connectivity index (χ0v) is 9.60. The van der Waals surface area contributed by atoms with Gasteiger partial charge in [0, 0.05) is 5.41 Å². The van der Waals surface area contributed by atoms with Crippen LogP contribution in [0.1, 0.15) is 13.8 Å². The maximum absolute atomic E-state index is 12.8. The third-order valence-electron chi connectivity index (χ3n) is 3.50. The highest BCUT2D eigenvalue weighted by atomic mass is 19.4. The fourth-order valence-electron chi connectivity index (χ4n) is 2.06. The van der Waals surface area contributed by atoms with E-state index in [1.54, 1.807) is 0 Å². The van der Waals surface area contributed by atoms with E-state index in [0.29, 0.717) is 0 Å². The summed E-state index contributed by atoms with van der Waals surface area (Å²) in [6, 6.07) is 0. The fourth-order valence-corrected chi connectivity index (χ4v) is 2.06. The van der Waals surface area contributed by atoms with Crippen molar-refractivity contribution in [2.75, 3.05) is 0 Å². The zero-order valence-electron chi connectivity index (χ0n) is 9.60. The molecule has 0 unspecified atom stereocenters. The minimum atomic E-state index is -5.82. The van der Waals surface area contributed by atoms with Crippen molar-refractivity contribution in [3.8, 4) is 0 Å². The molecule has 1 nitrogen and oxygen atoms in total. The number of hydrogen-bond acceptors (Lipinski definition) is 1. The third-order valence-corrected chi connectivity index (χ3v) is 3.50. The van der Waals surface area contributed by atoms with E-state index in [1.807, 2.05) is 0 Å². The lowest BCUT2D eigenvalue weighted by Crippen LogP contribution is -2.67. The summed E-state index contributed by atoms with van der Waals surface area (Å²) in [6.07, 6.45) is -7.27. The Morgan fingerprint density at radius 2 is 1.44 bits per heavy atom. The van der Waals surface area contributed by atoms with E-state index in [4.69, 9.17) is 0 Å². The predicted octanol–water partition coefficient (Wildman–Crippen LogP) is 3.61. The lowest BCUT2D eigenvalue weighted by Gasteiger charge is -2.48. The summed E-state index contributed by atoms with van der Waals surface area (Å²) in [5, 5.41) is 9.40. The maximum atomic E-state index is 12.8. The molecule has 1 aliphatic rings. The van der Waals surface area contributed by atoms with E-state index in [1.165, 1.54) is 19.1 Å². The Balaban J connectivity index is 3.47. The molecule has 1 aliphatic carbocycles. The van der Waals surface area contributed by atoms with Crippen LogP contribution >= 0.6 is 0 Å². The van der Waals surface area contributed by atoms with E-state index in [-0.39, 0.29) is 0 Å². The van der Waals surface area contributed by atoms with Crippen LogP contribution in [0.5, 0.6) is 0 Å². The van der Waals surface area contributed by atoms with E-state index in [9.17, 15) is 31.4 Å². The van der Waals surface area contributed by atoms with E-state index in [2.05, 4.69) is 0 Å². The predicted molar refractivity (Wildman–Crippen MR) is 52.6 cm³/mol. The molecule has 0 aromatic heterocycles. The second-order valence-corrected chi connectivity index (χ2v) is 4.52. The molecule has 18 heavy (non-hydrogen) atoms. The van der Waals surface area contributed by atoms with Crippen molar-refractivity contribution in [3.05, 3.63) is 24.3 Å². The van der Waals surface area contributed by atoms with Gasteiger partial charge in [-0.3, -0.25) is 0 Å². The number of halogens is 6. The lowest BCUT2D eigenvalue weighted by molar-refractivity contribution is -0.399. The Kier molecular flexibility index (Phi) is 3.36. The first-order valence-corrected chi connectivity index (χ1v) is 5.10. The Labute approximate surface area is 99.8 Å². The van der Waals surface area contributed by atoms with Crippen LogP contribution in [0.2, 0.25) is 0 Å². The lowest BCUT2D eigenvalue weighted by atomic mass is 9.63. The van der Waals surface area contributed by atoms with Crippen molar-refractivity contribution in [3.63, 3.8) is 0 Å². The number of aliphatic hydroxyl groups is 1. The molecule has 104 valence electrons. The van der Waals surface area contributed by atoms with Crippen molar-refractivity contribution in [1.82, 2.24) is 0 Å². The Morgan fingerprint density at radius 1 is 1.00 bits per heavy atom. The van der Waals surface area contributed by atoms with Crippen LogP contribution in [0.15, 0.2) is 24.3 Å². The molecule has 2 atom stereocenters. The molecule has 0 saturated carbocycles. The van der Waals surface area contributed by atoms with E-state index in [0.717, 1.165) is 19.1 Å². The normalized spacial score (nSPS) is 29.7. The van der Waals surface area contributed by atoms with E-state index < -0.39 is 29.3 Å². The number of allylic oxidation sites excluding steroid dienone is 3. The fraction of sp³-hybridized carbons (Fsp3) is 0.636. The van der Waals surface area contributed by atoms with Crippen LogP contribution in [0.3, 0.4) is 0 Å². The molecule has 1 N–H and O–H groups in total. The minimum absolute atomic E-state index is 0.749. The molecular formula is C11H12F6O. The molecule has 0 heterocycles. The molecule has 0 aromatic rings. The van der Waals surface area contributed by atoms with E-state index >= 15 is 0 Å². The third kappa shape index (κ3) is 1.84. The molecule has 0 fully saturated rings. The molecular weight excluding hydrogens is 262 g/mol. The highest BCUT2D eigenvalue weighted by molar-refractivity contribution is 5.26. The van der Waals surface area contributed by atoms with Crippen LogP contribution < -0.4 is 0 Å². The van der Waals surface area contributed by atoms with Crippen LogP contribution in [0.4, 0.5) is 26.3 Å². The molecule has 0 aromatic carbocycles. The summed E-state index contributed by atoms with van der Waals surface area (Å²) < 4.78 is 76.7. The Morgan fingerprint density at radius 3 is 1.78 bits per heavy atom. The Hall–Kier alpha value is -0.980. The first-order valence-electron chi connectivity index (χ1n) is 5.10. The van der Waals surface area contributed by atoms with Gasteiger partial charge in [0.1, 0.15) is 0 Å². The van der Waals surface area contributed by atoms with Gasteiger partial charge >= 0.3 is 12.4 Å². The summed E-state index contributed by atoms with van der Waals surface area (Å²) in [5.41, 5.74) is -7.29. The summed E-state index contributed by atoms with van der Waals surface area (Å²) >= 11 is 0. The van der Waals surface area contributed by atoms with Crippen LogP contribution in [0, 0.1) is 11.3 Å². The first-order chi connectivity index (χ1) is 7.88. The molecule has 7 heteroatoms. The average Bonchev–Trinajstić information content (AvgIpc) is 2.18. The van der Waals surface area contributed by atoms with Gasteiger partial charge < -0.3 is 5.11 Å². The smallest absolute Gasteiger partial charge is 0.373 e. The highest BCUT2D eigenvalue weighted by Crippen LogP contribution is 2.57. The van der Waals surface area contributed by atoms with Gasteiger partial charge in [-0.15, -0.1) is 0 Å². The average molecular weight is 274 g/mol. The first kappa shape index (κ1) is 15.1. The van der Waals surface area contributed by atoms with Crippen molar-refractivity contribution in [2.45, 2.75) is 31.8 Å². The summed E-state index contributed by atoms with van der Waals surface area (Å²) in [4.78, 5) is 0. The van der Waals surface area contributed by atoms with Crippen molar-refractivity contribution < 1.29 is 31.4 Å². The van der Waals surface area contributed by atoms with Gasteiger partial charge in [-0.1, -0.05) is 38.2 Å². The molecule has 0 spiro atoms. The summed E-state index contributed by atoms with van der Waals surface area (Å²) in [6.45, 7) is 1.95. The van der Waals surface area contributed by atoms with Crippen molar-refractivity contribution >= 4 is 0 Å². The standard InChI is InChI=1S/C11H12F6O/c1-7-5-3-4-6-8(7,2)9(18,10(12,13)14)11(15,16)17/h3-7,18H,1-2H3/t7-,8-/m0/s1. The number of hydrogen-bond donors (Lipinski definition) is 1. The maximum Gasteiger partial charge on any atom is 0.427 e. The van der Waals surface area contributed by atoms with Gasteiger partial charge in [-0.05, 0) is 5.92 Å². The topological polar surface area (TPSA) is 20.2 Å². The highest BCUT2D eigenvalue weighted by Gasteiger charge is 2.78. The number of alkyl halides is 6. The van der Waals surface area contributed by atoms with Gasteiger partial charge in [-0.25, -0.2) is 0 Å². The molecule has 0 bridgehead atoms. The molecule has 1 rings (SSSR count).